The van der Waals surface area contributed by atoms with E-state index in [2.05, 4.69) is 33.1 Å². The highest BCUT2D eigenvalue weighted by Gasteiger charge is 2.06. The summed E-state index contributed by atoms with van der Waals surface area (Å²) >= 11 is 1.40. The lowest BCUT2D eigenvalue weighted by Crippen LogP contribution is -2.08. The fourth-order valence-corrected chi connectivity index (χ4v) is 3.29. The summed E-state index contributed by atoms with van der Waals surface area (Å²) in [5, 5.41) is 10.7. The van der Waals surface area contributed by atoms with Gasteiger partial charge in [-0.2, -0.15) is 0 Å². The van der Waals surface area contributed by atoms with Crippen molar-refractivity contribution in [2.24, 2.45) is 0 Å². The second-order valence-corrected chi connectivity index (χ2v) is 6.20. The molecule has 0 saturated heterocycles. The van der Waals surface area contributed by atoms with Gasteiger partial charge in [0.15, 0.2) is 6.29 Å². The molecule has 0 amide bonds. The standard InChI is InChI=1S/C17H18N4OS/c1-18-9-12-3-5-13(8-15(12)19-2)20-16-6-4-11-7-14(10-22)23-17(11)21-16/h3-8,10,18-19H,9H2,1-2H3,(H,20,21). The number of hydrogen-bond donors (Lipinski definition) is 3. The SMILES string of the molecule is CNCc1ccc(Nc2ccc3cc(C=O)sc3n2)cc1NC. The molecule has 1 aromatic carbocycles. The summed E-state index contributed by atoms with van der Waals surface area (Å²) in [6, 6.07) is 11.9. The van der Waals surface area contributed by atoms with E-state index < -0.39 is 0 Å². The van der Waals surface area contributed by atoms with Crippen LogP contribution in [-0.4, -0.2) is 25.4 Å². The van der Waals surface area contributed by atoms with Gasteiger partial charge in [-0.05, 0) is 42.9 Å². The molecule has 0 fully saturated rings. The molecule has 3 rings (SSSR count). The molecule has 3 N–H and O–H groups in total. The van der Waals surface area contributed by atoms with Gasteiger partial charge in [0, 0.05) is 30.4 Å². The number of nitrogens with zero attached hydrogens (tertiary/aromatic N) is 1. The number of carbonyl (C=O) groups is 1. The number of rotatable bonds is 6. The molecule has 2 heterocycles. The summed E-state index contributed by atoms with van der Waals surface area (Å²) < 4.78 is 0. The van der Waals surface area contributed by atoms with Crippen LogP contribution in [0.1, 0.15) is 15.2 Å². The Labute approximate surface area is 138 Å². The third-order valence-corrected chi connectivity index (χ3v) is 4.51. The predicted molar refractivity (Wildman–Crippen MR) is 97.0 cm³/mol. The van der Waals surface area contributed by atoms with Crippen molar-refractivity contribution in [1.29, 1.82) is 0 Å². The Bertz CT molecular complexity index is 844. The van der Waals surface area contributed by atoms with Gasteiger partial charge in [0.25, 0.3) is 0 Å². The van der Waals surface area contributed by atoms with Crippen LogP contribution in [0.3, 0.4) is 0 Å². The van der Waals surface area contributed by atoms with Crippen LogP contribution in [0.4, 0.5) is 17.2 Å². The highest BCUT2D eigenvalue weighted by atomic mass is 32.1. The van der Waals surface area contributed by atoms with E-state index in [0.29, 0.717) is 4.88 Å². The van der Waals surface area contributed by atoms with E-state index in [1.165, 1.54) is 16.9 Å². The van der Waals surface area contributed by atoms with Gasteiger partial charge in [-0.25, -0.2) is 4.98 Å². The molecule has 0 radical (unpaired) electrons. The minimum absolute atomic E-state index is 0.693. The highest BCUT2D eigenvalue weighted by Crippen LogP contribution is 2.27. The third kappa shape index (κ3) is 3.33. The Morgan fingerprint density at radius 3 is 2.78 bits per heavy atom. The van der Waals surface area contributed by atoms with E-state index in [4.69, 9.17) is 0 Å². The number of thiophene rings is 1. The average Bonchev–Trinajstić information content (AvgIpc) is 2.99. The van der Waals surface area contributed by atoms with Crippen LogP contribution in [0.2, 0.25) is 0 Å². The Hall–Kier alpha value is -2.44. The molecule has 23 heavy (non-hydrogen) atoms. The van der Waals surface area contributed by atoms with Crippen molar-refractivity contribution in [3.8, 4) is 0 Å². The molecule has 0 aliphatic rings. The molecule has 0 saturated carbocycles. The smallest absolute Gasteiger partial charge is 0.160 e. The number of fused-ring (bicyclic) bond motifs is 1. The molecular formula is C17H18N4OS. The Kier molecular flexibility index (Phi) is 4.55. The van der Waals surface area contributed by atoms with Gasteiger partial charge >= 0.3 is 0 Å². The monoisotopic (exact) mass is 326 g/mol. The van der Waals surface area contributed by atoms with Crippen LogP contribution in [0.5, 0.6) is 0 Å². The van der Waals surface area contributed by atoms with Crippen LogP contribution in [0.25, 0.3) is 10.2 Å². The van der Waals surface area contributed by atoms with Gasteiger partial charge in [-0.1, -0.05) is 6.07 Å². The zero-order valence-electron chi connectivity index (χ0n) is 13.0. The van der Waals surface area contributed by atoms with E-state index >= 15 is 0 Å². The van der Waals surface area contributed by atoms with Gasteiger partial charge < -0.3 is 16.0 Å². The van der Waals surface area contributed by atoms with Crippen LogP contribution in [-0.2, 0) is 6.54 Å². The topological polar surface area (TPSA) is 66.0 Å². The molecule has 0 bridgehead atoms. The number of aldehydes is 1. The van der Waals surface area contributed by atoms with Crippen molar-refractivity contribution < 1.29 is 4.79 Å². The molecule has 0 spiro atoms. The lowest BCUT2D eigenvalue weighted by atomic mass is 10.1. The maximum atomic E-state index is 10.9. The van der Waals surface area contributed by atoms with Gasteiger partial charge in [0.05, 0.1) is 4.88 Å². The quantitative estimate of drug-likeness (QED) is 0.604. The number of hydrogen-bond acceptors (Lipinski definition) is 6. The van der Waals surface area contributed by atoms with E-state index in [-0.39, 0.29) is 0 Å². The average molecular weight is 326 g/mol. The lowest BCUT2D eigenvalue weighted by Gasteiger charge is -2.12. The van der Waals surface area contributed by atoms with E-state index in [0.717, 1.165) is 40.2 Å². The summed E-state index contributed by atoms with van der Waals surface area (Å²) in [6.45, 7) is 0.810. The highest BCUT2D eigenvalue weighted by molar-refractivity contribution is 7.20. The van der Waals surface area contributed by atoms with Crippen molar-refractivity contribution >= 4 is 45.0 Å². The number of anilines is 3. The zero-order valence-corrected chi connectivity index (χ0v) is 13.8. The molecule has 5 nitrogen and oxygen atoms in total. The molecule has 0 aliphatic heterocycles. The van der Waals surface area contributed by atoms with Crippen LogP contribution >= 0.6 is 11.3 Å². The van der Waals surface area contributed by atoms with Crippen LogP contribution in [0, 0.1) is 0 Å². The van der Waals surface area contributed by atoms with E-state index in [1.807, 2.05) is 38.4 Å². The first-order chi connectivity index (χ1) is 11.2. The largest absolute Gasteiger partial charge is 0.388 e. The minimum Gasteiger partial charge on any atom is -0.388 e. The Morgan fingerprint density at radius 2 is 2.04 bits per heavy atom. The first kappa shape index (κ1) is 15.5. The van der Waals surface area contributed by atoms with Crippen molar-refractivity contribution in [2.45, 2.75) is 6.54 Å². The minimum atomic E-state index is 0.693. The molecule has 3 aromatic rings. The normalized spacial score (nSPS) is 10.7. The summed E-state index contributed by atoms with van der Waals surface area (Å²) in [7, 11) is 3.84. The molecule has 0 atom stereocenters. The first-order valence-electron chi connectivity index (χ1n) is 7.31. The second-order valence-electron chi connectivity index (χ2n) is 5.13. The number of pyridine rings is 1. The Morgan fingerprint density at radius 1 is 1.17 bits per heavy atom. The molecule has 0 aliphatic carbocycles. The van der Waals surface area contributed by atoms with Crippen molar-refractivity contribution in [3.05, 3.63) is 46.8 Å². The third-order valence-electron chi connectivity index (χ3n) is 3.54. The summed E-state index contributed by atoms with van der Waals surface area (Å²) in [4.78, 5) is 17.0. The van der Waals surface area contributed by atoms with Crippen molar-refractivity contribution in [2.75, 3.05) is 24.7 Å². The van der Waals surface area contributed by atoms with E-state index in [1.54, 1.807) is 0 Å². The van der Waals surface area contributed by atoms with Crippen LogP contribution < -0.4 is 16.0 Å². The zero-order chi connectivity index (χ0) is 16.2. The maximum absolute atomic E-state index is 10.9. The van der Waals surface area contributed by atoms with Gasteiger partial charge in [-0.3, -0.25) is 4.79 Å². The molecular weight excluding hydrogens is 308 g/mol. The number of benzene rings is 1. The molecule has 2 aromatic heterocycles. The second kappa shape index (κ2) is 6.76. The van der Waals surface area contributed by atoms with Gasteiger partial charge in [-0.15, -0.1) is 11.3 Å². The van der Waals surface area contributed by atoms with E-state index in [9.17, 15) is 4.79 Å². The van der Waals surface area contributed by atoms with Gasteiger partial charge in [0.2, 0.25) is 0 Å². The first-order valence-corrected chi connectivity index (χ1v) is 8.13. The van der Waals surface area contributed by atoms with Crippen molar-refractivity contribution in [3.63, 3.8) is 0 Å². The summed E-state index contributed by atoms with van der Waals surface area (Å²) in [5.41, 5.74) is 3.25. The van der Waals surface area contributed by atoms with Crippen molar-refractivity contribution in [1.82, 2.24) is 10.3 Å². The lowest BCUT2D eigenvalue weighted by molar-refractivity contribution is 0.112. The number of aromatic nitrogens is 1. The number of nitrogens with one attached hydrogen (secondary N) is 3. The predicted octanol–water partition coefficient (Wildman–Crippen LogP) is 3.61. The van der Waals surface area contributed by atoms with Gasteiger partial charge in [0.1, 0.15) is 10.6 Å². The number of carbonyl (C=O) groups excluding carboxylic acids is 1. The molecule has 6 heteroatoms. The molecule has 118 valence electrons. The van der Waals surface area contributed by atoms with Crippen LogP contribution in [0.15, 0.2) is 36.4 Å². The summed E-state index contributed by atoms with van der Waals surface area (Å²) in [5.74, 6) is 0.764. The molecule has 0 unspecified atom stereocenters. The maximum Gasteiger partial charge on any atom is 0.160 e. The summed E-state index contributed by atoms with van der Waals surface area (Å²) in [6.07, 6.45) is 0.860. The fourth-order valence-electron chi connectivity index (χ4n) is 2.44. The fraction of sp³-hybridized carbons (Fsp3) is 0.176. The Balaban J connectivity index is 1.87.